The lowest BCUT2D eigenvalue weighted by atomic mass is 10.2. The summed E-state index contributed by atoms with van der Waals surface area (Å²) in [4.78, 5) is 11.4. The third-order valence-electron chi connectivity index (χ3n) is 6.64. The van der Waals surface area contributed by atoms with Crippen molar-refractivity contribution in [3.63, 3.8) is 0 Å². The number of fused-ring (bicyclic) bond motifs is 2. The molecule has 1 aromatic carbocycles. The highest BCUT2D eigenvalue weighted by atomic mass is 16.5. The highest BCUT2D eigenvalue weighted by Crippen LogP contribution is 2.37. The number of pyridine rings is 2. The van der Waals surface area contributed by atoms with Crippen LogP contribution in [0.2, 0.25) is 0 Å². The van der Waals surface area contributed by atoms with E-state index in [-0.39, 0.29) is 6.04 Å². The fourth-order valence-corrected chi connectivity index (χ4v) is 4.79. The lowest BCUT2D eigenvalue weighted by molar-refractivity contribution is 0.289. The second kappa shape index (κ2) is 8.93. The summed E-state index contributed by atoms with van der Waals surface area (Å²) >= 11 is 0. The molecule has 36 heavy (non-hydrogen) atoms. The Labute approximate surface area is 208 Å². The van der Waals surface area contributed by atoms with Crippen molar-refractivity contribution >= 4 is 22.4 Å². The van der Waals surface area contributed by atoms with Crippen molar-refractivity contribution in [2.24, 2.45) is 0 Å². The summed E-state index contributed by atoms with van der Waals surface area (Å²) in [6.07, 6.45) is 7.70. The number of nitriles is 1. The lowest BCUT2D eigenvalue weighted by Gasteiger charge is -2.26. The van der Waals surface area contributed by atoms with Crippen molar-refractivity contribution in [2.75, 3.05) is 25.2 Å². The van der Waals surface area contributed by atoms with Gasteiger partial charge in [-0.2, -0.15) is 5.26 Å². The number of rotatable bonds is 6. The Kier molecular flexibility index (Phi) is 5.45. The highest BCUT2D eigenvalue weighted by molar-refractivity contribution is 5.89. The summed E-state index contributed by atoms with van der Waals surface area (Å²) in [5.74, 6) is 2.91. The molecule has 0 radical (unpaired) electrons. The number of imidazole rings is 1. The Hall–Kier alpha value is -4.51. The Morgan fingerprint density at radius 3 is 2.89 bits per heavy atom. The van der Waals surface area contributed by atoms with E-state index in [1.165, 1.54) is 0 Å². The summed E-state index contributed by atoms with van der Waals surface area (Å²) in [6, 6.07) is 15.8. The van der Waals surface area contributed by atoms with Crippen molar-refractivity contribution in [3.05, 3.63) is 72.2 Å². The molecule has 1 fully saturated rings. The van der Waals surface area contributed by atoms with Crippen LogP contribution in [0.5, 0.6) is 11.5 Å². The van der Waals surface area contributed by atoms with E-state index in [0.29, 0.717) is 35.0 Å². The Bertz CT molecular complexity index is 1600. The van der Waals surface area contributed by atoms with Crippen LogP contribution < -0.4 is 14.4 Å². The normalized spacial score (nSPS) is 15.5. The molecule has 6 rings (SSSR count). The predicted octanol–water partition coefficient (Wildman–Crippen LogP) is 5.38. The smallest absolute Gasteiger partial charge is 0.155 e. The number of benzene rings is 1. The van der Waals surface area contributed by atoms with Gasteiger partial charge in [0, 0.05) is 37.3 Å². The van der Waals surface area contributed by atoms with Crippen molar-refractivity contribution in [3.8, 4) is 29.0 Å². The SMILES string of the molecule is COc1cc(OC[C@@H]2CCCN2c2ccc(C#N)cn2)c2cc(-c3cn4cc(C)ccc4n3)oc2c1. The van der Waals surface area contributed by atoms with Gasteiger partial charge in [0.15, 0.2) is 5.76 Å². The van der Waals surface area contributed by atoms with Crippen LogP contribution in [0.3, 0.4) is 0 Å². The zero-order valence-electron chi connectivity index (χ0n) is 20.1. The fraction of sp³-hybridized carbons (Fsp3) is 0.250. The van der Waals surface area contributed by atoms with Crippen LogP contribution in [0.1, 0.15) is 24.0 Å². The minimum atomic E-state index is 0.180. The molecule has 1 aliphatic rings. The first-order valence-electron chi connectivity index (χ1n) is 11.9. The second-order valence-electron chi connectivity index (χ2n) is 9.06. The van der Waals surface area contributed by atoms with E-state index in [0.717, 1.165) is 47.5 Å². The molecule has 0 spiro atoms. The molecule has 1 atom stereocenters. The third-order valence-corrected chi connectivity index (χ3v) is 6.64. The van der Waals surface area contributed by atoms with Gasteiger partial charge in [-0.1, -0.05) is 6.07 Å². The lowest BCUT2D eigenvalue weighted by Crippen LogP contribution is -2.34. The van der Waals surface area contributed by atoms with Crippen LogP contribution in [0, 0.1) is 18.3 Å². The van der Waals surface area contributed by atoms with Gasteiger partial charge in [0.1, 0.15) is 46.9 Å². The summed E-state index contributed by atoms with van der Waals surface area (Å²) in [6.45, 7) is 3.46. The molecule has 0 saturated carbocycles. The van der Waals surface area contributed by atoms with Crippen molar-refractivity contribution in [2.45, 2.75) is 25.8 Å². The monoisotopic (exact) mass is 479 g/mol. The first-order chi connectivity index (χ1) is 17.6. The minimum absolute atomic E-state index is 0.180. The number of aryl methyl sites for hydroxylation is 1. The Balaban J connectivity index is 1.29. The van der Waals surface area contributed by atoms with E-state index in [9.17, 15) is 0 Å². The first kappa shape index (κ1) is 22.0. The van der Waals surface area contributed by atoms with Crippen LogP contribution in [0.15, 0.2) is 65.5 Å². The zero-order valence-corrected chi connectivity index (χ0v) is 20.1. The van der Waals surface area contributed by atoms with Gasteiger partial charge >= 0.3 is 0 Å². The predicted molar refractivity (Wildman–Crippen MR) is 137 cm³/mol. The standard InChI is InChI=1S/C28H25N5O3/c1-18-5-7-28-31-23(16-32(28)15-18)26-12-22-24(10-21(34-2)11-25(22)36-26)35-17-20-4-3-9-33(20)27-8-6-19(13-29)14-30-27/h5-8,10-12,14-16,20H,3-4,9,17H2,1-2H3/t20-/m0/s1. The average molecular weight is 480 g/mol. The Morgan fingerprint density at radius 1 is 1.17 bits per heavy atom. The summed E-state index contributed by atoms with van der Waals surface area (Å²) in [5, 5.41) is 9.94. The van der Waals surface area contributed by atoms with E-state index < -0.39 is 0 Å². The van der Waals surface area contributed by atoms with E-state index in [4.69, 9.17) is 24.1 Å². The Morgan fingerprint density at radius 2 is 2.08 bits per heavy atom. The van der Waals surface area contributed by atoms with Crippen molar-refractivity contribution in [1.29, 1.82) is 5.26 Å². The summed E-state index contributed by atoms with van der Waals surface area (Å²) in [7, 11) is 1.63. The van der Waals surface area contributed by atoms with Crippen LogP contribution >= 0.6 is 0 Å². The van der Waals surface area contributed by atoms with Gasteiger partial charge < -0.3 is 23.2 Å². The zero-order chi connectivity index (χ0) is 24.6. The van der Waals surface area contributed by atoms with Crippen molar-refractivity contribution < 1.29 is 13.9 Å². The first-order valence-corrected chi connectivity index (χ1v) is 11.9. The topological polar surface area (TPSA) is 88.8 Å². The van der Waals surface area contributed by atoms with Gasteiger partial charge in [0.25, 0.3) is 0 Å². The molecule has 5 aromatic rings. The fourth-order valence-electron chi connectivity index (χ4n) is 4.79. The molecule has 5 heterocycles. The molecular weight excluding hydrogens is 454 g/mol. The van der Waals surface area contributed by atoms with Gasteiger partial charge in [-0.25, -0.2) is 9.97 Å². The quantitative estimate of drug-likeness (QED) is 0.323. The van der Waals surface area contributed by atoms with E-state index in [1.807, 2.05) is 53.2 Å². The summed E-state index contributed by atoms with van der Waals surface area (Å²) < 4.78 is 20.1. The number of furan rings is 1. The maximum Gasteiger partial charge on any atom is 0.155 e. The number of aromatic nitrogens is 3. The van der Waals surface area contributed by atoms with E-state index in [1.54, 1.807) is 19.4 Å². The maximum atomic E-state index is 9.06. The second-order valence-corrected chi connectivity index (χ2v) is 9.06. The average Bonchev–Trinajstić information content (AvgIpc) is 3.64. The van der Waals surface area contributed by atoms with Gasteiger partial charge in [-0.05, 0) is 49.6 Å². The van der Waals surface area contributed by atoms with Gasteiger partial charge in [0.05, 0.1) is 24.1 Å². The van der Waals surface area contributed by atoms with Gasteiger partial charge in [0.2, 0.25) is 0 Å². The minimum Gasteiger partial charge on any atom is -0.496 e. The van der Waals surface area contributed by atoms with Crippen LogP contribution in [0.4, 0.5) is 5.82 Å². The molecule has 4 aromatic heterocycles. The number of ether oxygens (including phenoxy) is 2. The number of anilines is 1. The largest absolute Gasteiger partial charge is 0.496 e. The number of nitrogens with zero attached hydrogens (tertiary/aromatic N) is 5. The summed E-state index contributed by atoms with van der Waals surface area (Å²) in [5.41, 5.74) is 4.03. The number of hydrogen-bond acceptors (Lipinski definition) is 7. The van der Waals surface area contributed by atoms with Gasteiger partial charge in [-0.15, -0.1) is 0 Å². The van der Waals surface area contributed by atoms with Crippen LogP contribution in [-0.4, -0.2) is 40.7 Å². The molecule has 1 saturated heterocycles. The van der Waals surface area contributed by atoms with E-state index >= 15 is 0 Å². The van der Waals surface area contributed by atoms with Crippen LogP contribution in [-0.2, 0) is 0 Å². The molecule has 1 aliphatic heterocycles. The molecule has 0 amide bonds. The van der Waals surface area contributed by atoms with E-state index in [2.05, 4.69) is 22.9 Å². The molecule has 0 bridgehead atoms. The molecule has 0 aliphatic carbocycles. The maximum absolute atomic E-state index is 9.06. The molecule has 180 valence electrons. The molecule has 0 N–H and O–H groups in total. The van der Waals surface area contributed by atoms with Crippen LogP contribution in [0.25, 0.3) is 28.1 Å². The van der Waals surface area contributed by atoms with Gasteiger partial charge in [-0.3, -0.25) is 0 Å². The molecule has 8 nitrogen and oxygen atoms in total. The molecular formula is C28H25N5O3. The molecule has 8 heteroatoms. The highest BCUT2D eigenvalue weighted by Gasteiger charge is 2.27. The van der Waals surface area contributed by atoms with Crippen molar-refractivity contribution in [1.82, 2.24) is 14.4 Å². The number of methoxy groups -OCH3 is 1. The number of hydrogen-bond donors (Lipinski definition) is 0. The molecule has 0 unspecified atom stereocenters. The third kappa shape index (κ3) is 3.99.